The molecule has 3 rings (SSSR count). The second-order valence-electron chi connectivity index (χ2n) is 5.28. The average Bonchev–Trinajstić information content (AvgIpc) is 3.15. The predicted octanol–water partition coefficient (Wildman–Crippen LogP) is 0.0937. The van der Waals surface area contributed by atoms with Crippen LogP contribution >= 0.6 is 0 Å². The van der Waals surface area contributed by atoms with Gasteiger partial charge in [0.05, 0.1) is 6.20 Å². The van der Waals surface area contributed by atoms with Gasteiger partial charge in [0.1, 0.15) is 12.0 Å². The normalized spacial score (nSPS) is 10.4. The Kier molecular flexibility index (Phi) is 5.62. The number of hydrogen-bond acceptors (Lipinski definition) is 8. The molecular weight excluding hydrogens is 354 g/mol. The van der Waals surface area contributed by atoms with E-state index in [-0.39, 0.29) is 23.0 Å². The van der Waals surface area contributed by atoms with E-state index in [9.17, 15) is 14.4 Å². The van der Waals surface area contributed by atoms with Crippen LogP contribution in [-0.2, 0) is 6.54 Å². The minimum Gasteiger partial charge on any atom is -0.431 e. The number of hydrogen-bond donors (Lipinski definition) is 2. The molecule has 0 saturated carbocycles. The van der Waals surface area contributed by atoms with E-state index in [0.717, 1.165) is 6.26 Å². The molecule has 0 fully saturated rings. The molecule has 0 radical (unpaired) electrons. The third kappa shape index (κ3) is 4.81. The Hall–Kier alpha value is -3.89. The lowest BCUT2D eigenvalue weighted by Gasteiger charge is -2.04. The number of amides is 2. The highest BCUT2D eigenvalue weighted by atomic mass is 16.4. The zero-order valence-electron chi connectivity index (χ0n) is 14.0. The van der Waals surface area contributed by atoms with Crippen molar-refractivity contribution in [3.63, 3.8) is 0 Å². The number of aryl methyl sites for hydroxylation is 1. The summed E-state index contributed by atoms with van der Waals surface area (Å²) in [6, 6.07) is 2.85. The molecule has 0 bridgehead atoms. The summed E-state index contributed by atoms with van der Waals surface area (Å²) < 4.78 is 6.37. The number of anilines is 1. The summed E-state index contributed by atoms with van der Waals surface area (Å²) in [6.45, 7) is 0.689. The quantitative estimate of drug-likeness (QED) is 0.558. The number of rotatable bonds is 7. The number of oxazole rings is 1. The molecule has 0 saturated heterocycles. The molecule has 11 nitrogen and oxygen atoms in total. The van der Waals surface area contributed by atoms with Gasteiger partial charge in [-0.05, 0) is 12.5 Å². The number of carbonyl (C=O) groups is 2. The first-order valence-corrected chi connectivity index (χ1v) is 7.97. The Labute approximate surface area is 152 Å². The standard InChI is InChI=1S/C16H15N7O4/c24-13-3-1-5-20-23(13)8-2-4-19-14(25)12-10-27-16(21-12)22-15(26)11-9-17-6-7-18-11/h1,3,5-7,9-10H,2,4,8H2,(H,19,25)(H,21,22,26). The van der Waals surface area contributed by atoms with Crippen LogP contribution in [-0.4, -0.2) is 43.1 Å². The SMILES string of the molecule is O=C(NCCCn1ncccc1=O)c1coc(NC(=O)c2cnccn2)n1. The fourth-order valence-corrected chi connectivity index (χ4v) is 2.09. The molecule has 0 aliphatic carbocycles. The van der Waals surface area contributed by atoms with Crippen molar-refractivity contribution in [2.45, 2.75) is 13.0 Å². The van der Waals surface area contributed by atoms with E-state index >= 15 is 0 Å². The van der Waals surface area contributed by atoms with Crippen LogP contribution in [0.4, 0.5) is 6.01 Å². The van der Waals surface area contributed by atoms with Crippen molar-refractivity contribution in [1.29, 1.82) is 0 Å². The number of nitrogens with zero attached hydrogens (tertiary/aromatic N) is 5. The maximum Gasteiger partial charge on any atom is 0.302 e. The lowest BCUT2D eigenvalue weighted by molar-refractivity contribution is 0.0946. The average molecular weight is 369 g/mol. The number of aromatic nitrogens is 5. The molecular formula is C16H15N7O4. The summed E-state index contributed by atoms with van der Waals surface area (Å²) in [7, 11) is 0. The Bertz CT molecular complexity index is 983. The molecule has 0 aliphatic heterocycles. The Morgan fingerprint density at radius 3 is 2.81 bits per heavy atom. The van der Waals surface area contributed by atoms with Crippen LogP contribution in [0.2, 0.25) is 0 Å². The van der Waals surface area contributed by atoms with Gasteiger partial charge in [-0.15, -0.1) is 0 Å². The number of carbonyl (C=O) groups excluding carboxylic acids is 2. The van der Waals surface area contributed by atoms with Crippen molar-refractivity contribution >= 4 is 17.8 Å². The highest BCUT2D eigenvalue weighted by Gasteiger charge is 2.15. The maximum atomic E-state index is 12.0. The molecule has 0 aliphatic rings. The van der Waals surface area contributed by atoms with Crippen molar-refractivity contribution in [1.82, 2.24) is 30.0 Å². The fraction of sp³-hybridized carbons (Fsp3) is 0.188. The molecule has 11 heteroatoms. The van der Waals surface area contributed by atoms with Gasteiger partial charge in [0, 0.05) is 37.7 Å². The summed E-state index contributed by atoms with van der Waals surface area (Å²) in [5.74, 6) is -1.02. The van der Waals surface area contributed by atoms with Crippen LogP contribution in [0.15, 0.2) is 52.4 Å². The molecule has 3 aromatic rings. The van der Waals surface area contributed by atoms with Crippen molar-refractivity contribution in [2.75, 3.05) is 11.9 Å². The van der Waals surface area contributed by atoms with Gasteiger partial charge in [0.15, 0.2) is 5.69 Å². The van der Waals surface area contributed by atoms with Crippen molar-refractivity contribution in [3.8, 4) is 0 Å². The van der Waals surface area contributed by atoms with Crippen LogP contribution in [0.5, 0.6) is 0 Å². The molecule has 3 aromatic heterocycles. The van der Waals surface area contributed by atoms with E-state index in [0.29, 0.717) is 19.5 Å². The minimum atomic E-state index is -0.558. The summed E-state index contributed by atoms with van der Waals surface area (Å²) >= 11 is 0. The molecule has 0 aromatic carbocycles. The first kappa shape index (κ1) is 17.9. The van der Waals surface area contributed by atoms with Gasteiger partial charge >= 0.3 is 6.01 Å². The molecule has 0 atom stereocenters. The molecule has 0 spiro atoms. The van der Waals surface area contributed by atoms with E-state index in [1.165, 1.54) is 35.5 Å². The van der Waals surface area contributed by atoms with Crippen molar-refractivity contribution in [3.05, 3.63) is 64.9 Å². The van der Waals surface area contributed by atoms with Crippen LogP contribution in [0.25, 0.3) is 0 Å². The van der Waals surface area contributed by atoms with Gasteiger partial charge in [0.25, 0.3) is 17.4 Å². The first-order chi connectivity index (χ1) is 13.1. The van der Waals surface area contributed by atoms with Gasteiger partial charge in [-0.3, -0.25) is 24.7 Å². The maximum absolute atomic E-state index is 12.0. The Morgan fingerprint density at radius 2 is 2.04 bits per heavy atom. The Morgan fingerprint density at radius 1 is 1.15 bits per heavy atom. The summed E-state index contributed by atoms with van der Waals surface area (Å²) in [5, 5.41) is 8.95. The van der Waals surface area contributed by atoms with Crippen molar-refractivity contribution in [2.24, 2.45) is 0 Å². The minimum absolute atomic E-state index is 0.0134. The summed E-state index contributed by atoms with van der Waals surface area (Å²) in [4.78, 5) is 47.0. The highest BCUT2D eigenvalue weighted by Crippen LogP contribution is 2.08. The second-order valence-corrected chi connectivity index (χ2v) is 5.28. The van der Waals surface area contributed by atoms with Crippen molar-refractivity contribution < 1.29 is 14.0 Å². The predicted molar refractivity (Wildman–Crippen MR) is 91.9 cm³/mol. The van der Waals surface area contributed by atoms with Crippen LogP contribution in [0.1, 0.15) is 27.4 Å². The van der Waals surface area contributed by atoms with Gasteiger partial charge in [0.2, 0.25) is 0 Å². The first-order valence-electron chi connectivity index (χ1n) is 7.97. The third-order valence-corrected chi connectivity index (χ3v) is 3.37. The molecule has 0 unspecified atom stereocenters. The lowest BCUT2D eigenvalue weighted by atomic mass is 10.4. The topological polar surface area (TPSA) is 145 Å². The van der Waals surface area contributed by atoms with E-state index in [1.807, 2.05) is 0 Å². The molecule has 2 amide bonds. The molecule has 3 heterocycles. The summed E-state index contributed by atoms with van der Waals surface area (Å²) in [6.07, 6.45) is 7.27. The zero-order chi connectivity index (χ0) is 19.1. The van der Waals surface area contributed by atoms with E-state index < -0.39 is 11.8 Å². The van der Waals surface area contributed by atoms with E-state index in [1.54, 1.807) is 6.07 Å². The largest absolute Gasteiger partial charge is 0.431 e. The highest BCUT2D eigenvalue weighted by molar-refractivity contribution is 6.01. The summed E-state index contributed by atoms with van der Waals surface area (Å²) in [5.41, 5.74) is -0.102. The molecule has 138 valence electrons. The molecule has 2 N–H and O–H groups in total. The lowest BCUT2D eigenvalue weighted by Crippen LogP contribution is -2.28. The van der Waals surface area contributed by atoms with Gasteiger partial charge in [-0.2, -0.15) is 10.1 Å². The van der Waals surface area contributed by atoms with Crippen LogP contribution < -0.4 is 16.2 Å². The van der Waals surface area contributed by atoms with E-state index in [4.69, 9.17) is 4.42 Å². The monoisotopic (exact) mass is 369 g/mol. The Balaban J connectivity index is 1.47. The molecule has 27 heavy (non-hydrogen) atoms. The third-order valence-electron chi connectivity index (χ3n) is 3.37. The van der Waals surface area contributed by atoms with Gasteiger partial charge < -0.3 is 9.73 Å². The fourth-order valence-electron chi connectivity index (χ4n) is 2.09. The zero-order valence-corrected chi connectivity index (χ0v) is 14.0. The number of nitrogens with one attached hydrogen (secondary N) is 2. The van der Waals surface area contributed by atoms with Crippen LogP contribution in [0.3, 0.4) is 0 Å². The van der Waals surface area contributed by atoms with Gasteiger partial charge in [-0.1, -0.05) is 0 Å². The van der Waals surface area contributed by atoms with Crippen LogP contribution in [0, 0.1) is 0 Å². The second kappa shape index (κ2) is 8.47. The smallest absolute Gasteiger partial charge is 0.302 e. The van der Waals surface area contributed by atoms with Gasteiger partial charge in [-0.25, -0.2) is 9.67 Å². The van der Waals surface area contributed by atoms with E-state index in [2.05, 4.69) is 30.7 Å².